The number of nitrogens with two attached hydrogens (primary N) is 2. The zero-order chi connectivity index (χ0) is 29.8. The van der Waals surface area contributed by atoms with Crippen LogP contribution in [-0.4, -0.2) is 6.61 Å². The minimum Gasteiger partial charge on any atom is -0.399 e. The molecule has 4 aliphatic carbocycles. The Hall–Kier alpha value is -1.36. The van der Waals surface area contributed by atoms with E-state index in [9.17, 15) is 8.78 Å². The monoisotopic (exact) mass is 572 g/mol. The van der Waals surface area contributed by atoms with Gasteiger partial charge in [0.1, 0.15) is 0 Å². The van der Waals surface area contributed by atoms with E-state index in [4.69, 9.17) is 16.2 Å². The Bertz CT molecular complexity index is 1050. The van der Waals surface area contributed by atoms with Gasteiger partial charge in [-0.1, -0.05) is 54.4 Å². The van der Waals surface area contributed by atoms with Gasteiger partial charge in [-0.05, 0) is 140 Å². The first kappa shape index (κ1) is 31.1. The molecule has 1 aromatic carbocycles. The Morgan fingerprint density at radius 2 is 1.56 bits per heavy atom. The highest BCUT2D eigenvalue weighted by Gasteiger charge is 2.60. The number of hydrogen-bond acceptors (Lipinski definition) is 3. The summed E-state index contributed by atoms with van der Waals surface area (Å²) < 4.78 is 35.0. The van der Waals surface area contributed by atoms with E-state index in [0.717, 1.165) is 42.4 Å². The molecule has 5 heteroatoms. The first-order valence-corrected chi connectivity index (χ1v) is 16.9. The minimum atomic E-state index is -3.42. The highest BCUT2D eigenvalue weighted by Crippen LogP contribution is 2.68. The van der Waals surface area contributed by atoms with E-state index in [1.807, 2.05) is 6.92 Å². The Morgan fingerprint density at radius 3 is 2.27 bits per heavy atom. The number of fused-ring (bicyclic) bond motifs is 5. The third kappa shape index (κ3) is 5.79. The van der Waals surface area contributed by atoms with Crippen molar-refractivity contribution < 1.29 is 13.5 Å². The van der Waals surface area contributed by atoms with Crippen molar-refractivity contribution in [2.75, 3.05) is 18.1 Å². The van der Waals surface area contributed by atoms with E-state index in [-0.39, 0.29) is 34.9 Å². The molecular formula is C36H58F2N2O. The molecule has 4 fully saturated rings. The number of halogens is 2. The van der Waals surface area contributed by atoms with Crippen LogP contribution in [-0.2, 0) is 10.8 Å². The molecule has 0 aromatic heterocycles. The van der Waals surface area contributed by atoms with E-state index in [1.165, 1.54) is 82.4 Å². The van der Waals surface area contributed by atoms with Crippen LogP contribution in [0.4, 0.5) is 20.2 Å². The van der Waals surface area contributed by atoms with Gasteiger partial charge in [0.05, 0.1) is 12.2 Å². The first-order chi connectivity index (χ1) is 19.2. The van der Waals surface area contributed by atoms with E-state index in [0.29, 0.717) is 16.7 Å². The molecule has 0 aliphatic heterocycles. The predicted octanol–water partition coefficient (Wildman–Crippen LogP) is 10.0. The lowest BCUT2D eigenvalue weighted by Gasteiger charge is -2.61. The molecule has 5 rings (SSSR count). The summed E-state index contributed by atoms with van der Waals surface area (Å²) in [5.74, 6) is 5.21. The number of nitrogen functional groups attached to an aromatic ring is 2. The van der Waals surface area contributed by atoms with Gasteiger partial charge in [0.25, 0.3) is 0 Å². The molecule has 4 aliphatic rings. The lowest BCUT2D eigenvalue weighted by atomic mass is 9.44. The average Bonchev–Trinajstić information content (AvgIpc) is 3.27. The summed E-state index contributed by atoms with van der Waals surface area (Å²) in [6, 6.07) is 3.97. The summed E-state index contributed by atoms with van der Waals surface area (Å²) in [6.07, 6.45) is 13.2. The van der Waals surface area contributed by atoms with Gasteiger partial charge < -0.3 is 16.2 Å². The van der Waals surface area contributed by atoms with Gasteiger partial charge in [-0.3, -0.25) is 0 Å². The number of alkyl halides is 2. The highest BCUT2D eigenvalue weighted by molar-refractivity contribution is 5.54. The van der Waals surface area contributed by atoms with Crippen LogP contribution in [0.1, 0.15) is 124 Å². The molecule has 0 saturated heterocycles. The molecule has 0 heterocycles. The predicted molar refractivity (Wildman–Crippen MR) is 166 cm³/mol. The molecule has 2 unspecified atom stereocenters. The number of benzene rings is 1. The van der Waals surface area contributed by atoms with Gasteiger partial charge in [0.15, 0.2) is 0 Å². The SMILES string of the molecule is CC(COC(F)(F)c1cc(N)cc(N)c1)C(C)(C)CC[C@@H](C)[C@H]1CC[C@H]2[C@@H]3CCC4CCCC[C@]4(C)[C@H]3CC[C@]12C. The van der Waals surface area contributed by atoms with Crippen LogP contribution in [0.15, 0.2) is 18.2 Å². The minimum absolute atomic E-state index is 0.00483. The molecule has 232 valence electrons. The van der Waals surface area contributed by atoms with Crippen LogP contribution in [0.5, 0.6) is 0 Å². The number of anilines is 2. The first-order valence-electron chi connectivity index (χ1n) is 16.9. The highest BCUT2D eigenvalue weighted by atomic mass is 19.3. The van der Waals surface area contributed by atoms with Crippen molar-refractivity contribution >= 4 is 11.4 Å². The van der Waals surface area contributed by atoms with E-state index in [1.54, 1.807) is 0 Å². The standard InChI is InChI=1S/C36H58F2N2O/c1-23(14-17-33(3,4)24(2)22-41-36(37,38)26-19-27(39)21-28(40)20-26)30-12-13-31-29-11-10-25-9-7-8-16-34(25,5)32(29)15-18-35(30,31)6/h19-21,23-25,29-32H,7-18,22,39-40H2,1-6H3/t23-,24?,25?,29+,30-,31+,32+,34+,35-/m1/s1. The van der Waals surface area contributed by atoms with Gasteiger partial charge >= 0.3 is 6.11 Å². The topological polar surface area (TPSA) is 61.3 Å². The fourth-order valence-electron chi connectivity index (χ4n) is 10.7. The third-order valence-electron chi connectivity index (χ3n) is 13.7. The van der Waals surface area contributed by atoms with E-state index in [2.05, 4.69) is 34.6 Å². The zero-order valence-electron chi connectivity index (χ0n) is 26.8. The summed E-state index contributed by atoms with van der Waals surface area (Å²) in [5.41, 5.74) is 12.6. The molecule has 9 atom stereocenters. The molecule has 0 bridgehead atoms. The summed E-state index contributed by atoms with van der Waals surface area (Å²) >= 11 is 0. The summed E-state index contributed by atoms with van der Waals surface area (Å²) in [7, 11) is 0. The van der Waals surface area contributed by atoms with Gasteiger partial charge in [-0.25, -0.2) is 0 Å². The summed E-state index contributed by atoms with van der Waals surface area (Å²) in [4.78, 5) is 0. The maximum atomic E-state index is 14.9. The van der Waals surface area contributed by atoms with Crippen molar-refractivity contribution in [3.05, 3.63) is 23.8 Å². The Labute approximate surface area is 248 Å². The fraction of sp³-hybridized carbons (Fsp3) is 0.833. The lowest BCUT2D eigenvalue weighted by molar-refractivity contribution is -0.257. The van der Waals surface area contributed by atoms with Gasteiger partial charge in [0, 0.05) is 11.4 Å². The smallest absolute Gasteiger partial charge is 0.383 e. The van der Waals surface area contributed by atoms with Crippen LogP contribution >= 0.6 is 0 Å². The van der Waals surface area contributed by atoms with Gasteiger partial charge in [0.2, 0.25) is 0 Å². The molecule has 0 spiro atoms. The molecule has 3 nitrogen and oxygen atoms in total. The Morgan fingerprint density at radius 1 is 0.878 bits per heavy atom. The second kappa shape index (κ2) is 11.3. The van der Waals surface area contributed by atoms with Crippen molar-refractivity contribution in [3.8, 4) is 0 Å². The van der Waals surface area contributed by atoms with Crippen molar-refractivity contribution in [2.45, 2.75) is 125 Å². The van der Waals surface area contributed by atoms with Crippen molar-refractivity contribution in [3.63, 3.8) is 0 Å². The number of rotatable bonds is 9. The van der Waals surface area contributed by atoms with Crippen LogP contribution in [0, 0.1) is 57.7 Å². The summed E-state index contributed by atoms with van der Waals surface area (Å²) in [6.45, 7) is 14.3. The zero-order valence-corrected chi connectivity index (χ0v) is 26.8. The maximum absolute atomic E-state index is 14.9. The molecular weight excluding hydrogens is 514 g/mol. The van der Waals surface area contributed by atoms with E-state index >= 15 is 0 Å². The van der Waals surface area contributed by atoms with Crippen LogP contribution in [0.3, 0.4) is 0 Å². The molecule has 41 heavy (non-hydrogen) atoms. The Kier molecular flexibility index (Phi) is 8.56. The Balaban J connectivity index is 1.17. The maximum Gasteiger partial charge on any atom is 0.383 e. The number of hydrogen-bond donors (Lipinski definition) is 2. The van der Waals surface area contributed by atoms with Crippen molar-refractivity contribution in [1.82, 2.24) is 0 Å². The molecule has 0 amide bonds. The third-order valence-corrected chi connectivity index (χ3v) is 13.7. The summed E-state index contributed by atoms with van der Waals surface area (Å²) in [5, 5.41) is 0. The average molecular weight is 573 g/mol. The van der Waals surface area contributed by atoms with Crippen molar-refractivity contribution in [1.29, 1.82) is 0 Å². The molecule has 4 N–H and O–H groups in total. The molecule has 1 aromatic rings. The molecule has 4 saturated carbocycles. The van der Waals surface area contributed by atoms with E-state index < -0.39 is 6.11 Å². The van der Waals surface area contributed by atoms with Crippen LogP contribution in [0.2, 0.25) is 0 Å². The number of ether oxygens (including phenoxy) is 1. The fourth-order valence-corrected chi connectivity index (χ4v) is 10.7. The largest absolute Gasteiger partial charge is 0.399 e. The van der Waals surface area contributed by atoms with Crippen molar-refractivity contribution in [2.24, 2.45) is 57.7 Å². The van der Waals surface area contributed by atoms with Gasteiger partial charge in [-0.15, -0.1) is 0 Å². The second-order valence-electron chi connectivity index (χ2n) is 16.3. The van der Waals surface area contributed by atoms with Crippen LogP contribution < -0.4 is 11.5 Å². The normalized spacial score (nSPS) is 37.1. The van der Waals surface area contributed by atoms with Crippen LogP contribution in [0.25, 0.3) is 0 Å². The molecule has 0 radical (unpaired) electrons. The quantitative estimate of drug-likeness (QED) is 0.289. The second-order valence-corrected chi connectivity index (χ2v) is 16.3. The lowest BCUT2D eigenvalue weighted by Crippen LogP contribution is -2.53. The van der Waals surface area contributed by atoms with Gasteiger partial charge in [-0.2, -0.15) is 8.78 Å².